The number of carboxylic acids is 1. The van der Waals surface area contributed by atoms with Crippen LogP contribution in [0.2, 0.25) is 0 Å². The van der Waals surface area contributed by atoms with Crippen molar-refractivity contribution in [2.45, 2.75) is 108 Å². The van der Waals surface area contributed by atoms with Gasteiger partial charge in [0.05, 0.1) is 6.04 Å². The van der Waals surface area contributed by atoms with E-state index in [1.807, 2.05) is 86.6 Å². The Balaban J connectivity index is 1.47. The summed E-state index contributed by atoms with van der Waals surface area (Å²) in [6.07, 6.45) is 2.89. The van der Waals surface area contributed by atoms with Crippen LogP contribution in [0.4, 0.5) is 0 Å². The first-order valence-electron chi connectivity index (χ1n) is 22.7. The van der Waals surface area contributed by atoms with E-state index < -0.39 is 77.7 Å². The van der Waals surface area contributed by atoms with Crippen molar-refractivity contribution in [3.05, 3.63) is 120 Å². The molecular formula is C50H63N9O8. The number of amides is 6. The minimum Gasteiger partial charge on any atom is -0.480 e. The van der Waals surface area contributed by atoms with Gasteiger partial charge in [0, 0.05) is 42.8 Å². The molecule has 5 rings (SSSR count). The van der Waals surface area contributed by atoms with Crippen molar-refractivity contribution in [2.75, 3.05) is 6.54 Å². The summed E-state index contributed by atoms with van der Waals surface area (Å²) in [5.41, 5.74) is 20.1. The Morgan fingerprint density at radius 2 is 1.12 bits per heavy atom. The smallest absolute Gasteiger partial charge is 0.326 e. The van der Waals surface area contributed by atoms with E-state index in [9.17, 15) is 38.7 Å². The summed E-state index contributed by atoms with van der Waals surface area (Å²) in [6, 6.07) is 22.3. The number of benzene rings is 4. The van der Waals surface area contributed by atoms with Gasteiger partial charge < -0.3 is 53.9 Å². The van der Waals surface area contributed by atoms with Gasteiger partial charge in [0.25, 0.3) is 0 Å². The van der Waals surface area contributed by atoms with Gasteiger partial charge in [-0.2, -0.15) is 0 Å². The molecule has 1 heterocycles. The molecule has 0 radical (unpaired) electrons. The fourth-order valence-corrected chi connectivity index (χ4v) is 7.94. The van der Waals surface area contributed by atoms with Crippen LogP contribution >= 0.6 is 0 Å². The van der Waals surface area contributed by atoms with Crippen LogP contribution in [0.5, 0.6) is 0 Å². The molecular weight excluding hydrogens is 855 g/mol. The van der Waals surface area contributed by atoms with Crippen LogP contribution in [-0.2, 0) is 52.8 Å². The lowest BCUT2D eigenvalue weighted by molar-refractivity contribution is -0.142. The Kier molecular flexibility index (Phi) is 19.0. The summed E-state index contributed by atoms with van der Waals surface area (Å²) in [5.74, 6) is -5.77. The summed E-state index contributed by atoms with van der Waals surface area (Å²) in [6.45, 7) is 4.08. The van der Waals surface area contributed by atoms with E-state index in [4.69, 9.17) is 17.2 Å². The summed E-state index contributed by atoms with van der Waals surface area (Å²) in [4.78, 5) is 97.9. The average molecular weight is 918 g/mol. The van der Waals surface area contributed by atoms with E-state index in [1.165, 1.54) is 0 Å². The maximum atomic E-state index is 14.8. The zero-order valence-electron chi connectivity index (χ0n) is 38.0. The maximum Gasteiger partial charge on any atom is 0.326 e. The Morgan fingerprint density at radius 1 is 0.582 bits per heavy atom. The fraction of sp³-hybridized carbons (Fsp3) is 0.380. The molecule has 13 N–H and O–H groups in total. The predicted octanol–water partition coefficient (Wildman–Crippen LogP) is 2.63. The van der Waals surface area contributed by atoms with Gasteiger partial charge >= 0.3 is 5.97 Å². The molecule has 0 aliphatic rings. The van der Waals surface area contributed by atoms with Crippen LogP contribution in [0.1, 0.15) is 69.1 Å². The van der Waals surface area contributed by atoms with Crippen molar-refractivity contribution in [1.82, 2.24) is 31.6 Å². The van der Waals surface area contributed by atoms with E-state index in [0.29, 0.717) is 36.9 Å². The van der Waals surface area contributed by atoms with Crippen LogP contribution in [0.25, 0.3) is 21.7 Å². The lowest BCUT2D eigenvalue weighted by Gasteiger charge is -2.28. The van der Waals surface area contributed by atoms with Gasteiger partial charge in [-0.3, -0.25) is 28.8 Å². The number of para-hydroxylation sites is 1. The van der Waals surface area contributed by atoms with Gasteiger partial charge in [0.1, 0.15) is 30.2 Å². The number of nitrogens with two attached hydrogens (primary N) is 3. The number of carbonyl (C=O) groups is 7. The SMILES string of the molecule is CC(C)C[C@H](NC(=O)[C@@H](Cc1c[nH]c2ccccc12)NC(=O)[C@H](Cc1ccccc1)NC(=O)[C@H](Cc1cccc2ccccc12)NC(=O)[C@@H](N)CCCCN)C(=O)N[C@@H](CCC(N)=O)C(=O)O. The number of carbonyl (C=O) groups excluding carboxylic acids is 6. The molecule has 0 aliphatic carbocycles. The molecule has 6 amide bonds. The van der Waals surface area contributed by atoms with E-state index in [2.05, 4.69) is 31.6 Å². The third-order valence-corrected chi connectivity index (χ3v) is 11.5. The van der Waals surface area contributed by atoms with Crippen molar-refractivity contribution in [2.24, 2.45) is 23.1 Å². The summed E-state index contributed by atoms with van der Waals surface area (Å²) in [7, 11) is 0. The molecule has 4 aromatic carbocycles. The van der Waals surface area contributed by atoms with Gasteiger partial charge in [0.15, 0.2) is 0 Å². The van der Waals surface area contributed by atoms with Crippen LogP contribution in [0.3, 0.4) is 0 Å². The van der Waals surface area contributed by atoms with Crippen LogP contribution in [0, 0.1) is 5.92 Å². The maximum absolute atomic E-state index is 14.8. The summed E-state index contributed by atoms with van der Waals surface area (Å²) < 4.78 is 0. The van der Waals surface area contributed by atoms with Gasteiger partial charge in [-0.1, -0.05) is 111 Å². The van der Waals surface area contributed by atoms with Crippen molar-refractivity contribution in [3.63, 3.8) is 0 Å². The number of H-pyrrole nitrogens is 1. The van der Waals surface area contributed by atoms with Gasteiger partial charge in [0.2, 0.25) is 35.4 Å². The largest absolute Gasteiger partial charge is 0.480 e. The van der Waals surface area contributed by atoms with Crippen LogP contribution in [0.15, 0.2) is 103 Å². The predicted molar refractivity (Wildman–Crippen MR) is 256 cm³/mol. The first kappa shape index (κ1) is 50.9. The molecule has 6 atom stereocenters. The van der Waals surface area contributed by atoms with E-state index in [1.54, 1.807) is 30.5 Å². The number of aliphatic carboxylic acids is 1. The number of hydrogen-bond donors (Lipinski definition) is 10. The van der Waals surface area contributed by atoms with Crippen molar-refractivity contribution in [1.29, 1.82) is 0 Å². The number of unbranched alkanes of at least 4 members (excludes halogenated alkanes) is 1. The highest BCUT2D eigenvalue weighted by Gasteiger charge is 2.34. The molecule has 0 spiro atoms. The number of hydrogen-bond acceptors (Lipinski definition) is 9. The first-order chi connectivity index (χ1) is 32.1. The number of primary amides is 1. The average Bonchev–Trinajstić information content (AvgIpc) is 3.71. The second-order valence-corrected chi connectivity index (χ2v) is 17.3. The zero-order valence-corrected chi connectivity index (χ0v) is 38.0. The Morgan fingerprint density at radius 3 is 1.76 bits per heavy atom. The summed E-state index contributed by atoms with van der Waals surface area (Å²) >= 11 is 0. The van der Waals surface area contributed by atoms with Crippen LogP contribution in [-0.4, -0.2) is 94.3 Å². The standard InChI is InChI=1S/C50H63N9O8/c1-30(2)25-40(46(62)55-39(50(66)67)22-23-44(53)60)57-49(65)43(28-34-29-54-38-21-9-8-19-36(34)38)59-47(63)41(26-31-13-4-3-5-14-31)58-48(64)42(56-45(61)37(52)20-10-11-24-51)27-33-17-12-16-32-15-6-7-18-35(32)33/h3-9,12-19,21,29-30,37,39-43,54H,10-11,20,22-28,51-52H2,1-2H3,(H2,53,60)(H,55,62)(H,56,61)(H,57,65)(H,58,64)(H,59,63)(H,66,67)/t37-,39-,40-,41-,42-,43+/m0/s1. The van der Waals surface area contributed by atoms with E-state index in [0.717, 1.165) is 27.2 Å². The molecule has 67 heavy (non-hydrogen) atoms. The zero-order chi connectivity index (χ0) is 48.5. The molecule has 5 aromatic rings. The Bertz CT molecular complexity index is 2490. The highest BCUT2D eigenvalue weighted by atomic mass is 16.4. The Labute approximate surface area is 389 Å². The monoisotopic (exact) mass is 917 g/mol. The quantitative estimate of drug-likeness (QED) is 0.0362. The molecule has 17 heteroatoms. The minimum absolute atomic E-state index is 0.00632. The van der Waals surface area contributed by atoms with Crippen molar-refractivity contribution < 1.29 is 38.7 Å². The molecule has 0 saturated heterocycles. The lowest BCUT2D eigenvalue weighted by atomic mass is 9.97. The normalized spacial score (nSPS) is 14.0. The fourth-order valence-electron chi connectivity index (χ4n) is 7.94. The molecule has 1 aromatic heterocycles. The van der Waals surface area contributed by atoms with Gasteiger partial charge in [-0.05, 0) is 71.7 Å². The van der Waals surface area contributed by atoms with Gasteiger partial charge in [-0.25, -0.2) is 4.79 Å². The third kappa shape index (κ3) is 15.2. The molecule has 356 valence electrons. The molecule has 0 fully saturated rings. The topological polar surface area (TPSA) is 294 Å². The van der Waals surface area contributed by atoms with E-state index >= 15 is 0 Å². The summed E-state index contributed by atoms with van der Waals surface area (Å²) in [5, 5.41) is 26.2. The number of nitrogens with one attached hydrogen (secondary N) is 6. The first-order valence-corrected chi connectivity index (χ1v) is 22.7. The van der Waals surface area contributed by atoms with Crippen molar-refractivity contribution >= 4 is 63.1 Å². The number of fused-ring (bicyclic) bond motifs is 2. The molecule has 0 unspecified atom stereocenters. The third-order valence-electron chi connectivity index (χ3n) is 11.5. The number of rotatable bonds is 26. The molecule has 17 nitrogen and oxygen atoms in total. The lowest BCUT2D eigenvalue weighted by Crippen LogP contribution is -2.60. The number of aromatic amines is 1. The van der Waals surface area contributed by atoms with E-state index in [-0.39, 0.29) is 44.4 Å². The number of carboxylic acid groups (broad SMARTS) is 1. The highest BCUT2D eigenvalue weighted by Crippen LogP contribution is 2.22. The molecule has 0 aliphatic heterocycles. The second-order valence-electron chi connectivity index (χ2n) is 17.3. The van der Waals surface area contributed by atoms with Crippen molar-refractivity contribution in [3.8, 4) is 0 Å². The van der Waals surface area contributed by atoms with Crippen LogP contribution < -0.4 is 43.8 Å². The minimum atomic E-state index is -1.46. The Hall–Kier alpha value is -7.11. The molecule has 0 saturated carbocycles. The second kappa shape index (κ2) is 25.0. The number of aromatic nitrogens is 1. The molecule has 0 bridgehead atoms. The highest BCUT2D eigenvalue weighted by molar-refractivity contribution is 5.97. The van der Waals surface area contributed by atoms with Gasteiger partial charge in [-0.15, -0.1) is 0 Å².